The van der Waals surface area contributed by atoms with Crippen molar-refractivity contribution in [2.45, 2.75) is 0 Å². The van der Waals surface area contributed by atoms with E-state index in [1.807, 2.05) is 6.07 Å². The second kappa shape index (κ2) is 10.1. The predicted octanol–water partition coefficient (Wildman–Crippen LogP) is 2.94. The number of carbonyl (C=O) groups is 1. The van der Waals surface area contributed by atoms with E-state index in [1.165, 1.54) is 18.2 Å². The van der Waals surface area contributed by atoms with E-state index in [9.17, 15) is 20.2 Å². The minimum absolute atomic E-state index is 0.1000. The highest BCUT2D eigenvalue weighted by Gasteiger charge is 2.24. The molecule has 31 heavy (non-hydrogen) atoms. The standard InChI is InChI=1S/C21H19N3O7/c1-28-5-6-29-16-4-2-3-14(10-16)9-15(13-22)21(25)23-17-11-19-20(31-8-7-30-19)12-18(17)24(26)27/h2-4,9-12H,5-8H2,1H3,(H,23,25)/b15-9+. The minimum atomic E-state index is -0.798. The Morgan fingerprint density at radius 3 is 2.68 bits per heavy atom. The van der Waals surface area contributed by atoms with Crippen LogP contribution in [-0.2, 0) is 9.53 Å². The number of hydrogen-bond acceptors (Lipinski definition) is 8. The molecule has 1 aliphatic heterocycles. The fourth-order valence-electron chi connectivity index (χ4n) is 2.77. The third-order valence-corrected chi connectivity index (χ3v) is 4.20. The van der Waals surface area contributed by atoms with Crippen LogP contribution in [0.3, 0.4) is 0 Å². The van der Waals surface area contributed by atoms with Gasteiger partial charge >= 0.3 is 0 Å². The maximum atomic E-state index is 12.6. The molecule has 1 amide bonds. The summed E-state index contributed by atoms with van der Waals surface area (Å²) in [5.74, 6) is 0.242. The predicted molar refractivity (Wildman–Crippen MR) is 110 cm³/mol. The number of nitro benzene ring substituents is 1. The second-order valence-corrected chi connectivity index (χ2v) is 6.31. The summed E-state index contributed by atoms with van der Waals surface area (Å²) in [7, 11) is 1.56. The van der Waals surface area contributed by atoms with Crippen LogP contribution in [0.5, 0.6) is 17.2 Å². The van der Waals surface area contributed by atoms with Gasteiger partial charge in [-0.2, -0.15) is 5.26 Å². The smallest absolute Gasteiger partial charge is 0.296 e. The van der Waals surface area contributed by atoms with E-state index in [4.69, 9.17) is 18.9 Å². The number of amides is 1. The van der Waals surface area contributed by atoms with Gasteiger partial charge < -0.3 is 24.3 Å². The molecule has 2 aromatic carbocycles. The van der Waals surface area contributed by atoms with Crippen LogP contribution in [0.15, 0.2) is 42.0 Å². The van der Waals surface area contributed by atoms with Crippen molar-refractivity contribution < 1.29 is 28.7 Å². The molecule has 0 saturated carbocycles. The Balaban J connectivity index is 1.83. The van der Waals surface area contributed by atoms with Crippen LogP contribution in [0.4, 0.5) is 11.4 Å². The van der Waals surface area contributed by atoms with Crippen molar-refractivity contribution in [1.29, 1.82) is 5.26 Å². The molecular weight excluding hydrogens is 406 g/mol. The number of hydrogen-bond donors (Lipinski definition) is 1. The monoisotopic (exact) mass is 425 g/mol. The lowest BCUT2D eigenvalue weighted by molar-refractivity contribution is -0.384. The number of ether oxygens (including phenoxy) is 4. The normalized spacial score (nSPS) is 12.6. The first kappa shape index (κ1) is 21.6. The van der Waals surface area contributed by atoms with Gasteiger partial charge in [0.2, 0.25) is 0 Å². The molecule has 0 radical (unpaired) electrons. The highest BCUT2D eigenvalue weighted by Crippen LogP contribution is 2.39. The first-order chi connectivity index (χ1) is 15.0. The molecule has 0 bridgehead atoms. The summed E-state index contributed by atoms with van der Waals surface area (Å²) in [4.78, 5) is 23.4. The number of methoxy groups -OCH3 is 1. The van der Waals surface area contributed by atoms with Gasteiger partial charge in [-0.1, -0.05) is 12.1 Å². The zero-order chi connectivity index (χ0) is 22.2. The van der Waals surface area contributed by atoms with E-state index >= 15 is 0 Å². The number of fused-ring (bicyclic) bond motifs is 1. The second-order valence-electron chi connectivity index (χ2n) is 6.31. The molecule has 160 valence electrons. The number of nitriles is 1. The number of nitro groups is 1. The molecular formula is C21H19N3O7. The van der Waals surface area contributed by atoms with Crippen molar-refractivity contribution in [3.63, 3.8) is 0 Å². The molecule has 10 nitrogen and oxygen atoms in total. The lowest BCUT2D eigenvalue weighted by atomic mass is 10.1. The number of nitrogens with one attached hydrogen (secondary N) is 1. The number of carbonyl (C=O) groups excluding carboxylic acids is 1. The molecule has 1 N–H and O–H groups in total. The molecule has 3 rings (SSSR count). The van der Waals surface area contributed by atoms with Gasteiger partial charge in [-0.3, -0.25) is 14.9 Å². The first-order valence-corrected chi connectivity index (χ1v) is 9.25. The van der Waals surface area contributed by atoms with Crippen LogP contribution in [0.2, 0.25) is 0 Å². The first-order valence-electron chi connectivity index (χ1n) is 9.25. The lowest BCUT2D eigenvalue weighted by Crippen LogP contribution is -2.18. The summed E-state index contributed by atoms with van der Waals surface area (Å²) in [6.07, 6.45) is 1.36. The third-order valence-electron chi connectivity index (χ3n) is 4.20. The van der Waals surface area contributed by atoms with Crippen molar-refractivity contribution in [2.24, 2.45) is 0 Å². The number of benzene rings is 2. The Hall–Kier alpha value is -4.10. The van der Waals surface area contributed by atoms with E-state index in [0.29, 0.717) is 24.5 Å². The maximum Gasteiger partial charge on any atom is 0.296 e. The van der Waals surface area contributed by atoms with Crippen molar-refractivity contribution in [1.82, 2.24) is 0 Å². The van der Waals surface area contributed by atoms with Crippen LogP contribution in [-0.4, -0.2) is 44.4 Å². The zero-order valence-electron chi connectivity index (χ0n) is 16.6. The van der Waals surface area contributed by atoms with Gasteiger partial charge in [-0.05, 0) is 23.8 Å². The molecule has 1 aliphatic rings. The summed E-state index contributed by atoms with van der Waals surface area (Å²) < 4.78 is 21.2. The van der Waals surface area contributed by atoms with Crippen LogP contribution >= 0.6 is 0 Å². The Morgan fingerprint density at radius 2 is 2.00 bits per heavy atom. The van der Waals surface area contributed by atoms with Gasteiger partial charge in [0.15, 0.2) is 11.5 Å². The quantitative estimate of drug-likeness (QED) is 0.224. The topological polar surface area (TPSA) is 133 Å². The average molecular weight is 425 g/mol. The minimum Gasteiger partial charge on any atom is -0.491 e. The summed E-state index contributed by atoms with van der Waals surface area (Å²) in [6, 6.07) is 11.1. The van der Waals surface area contributed by atoms with Gasteiger partial charge in [-0.15, -0.1) is 0 Å². The summed E-state index contributed by atoms with van der Waals surface area (Å²) in [6.45, 7) is 1.32. The molecule has 1 heterocycles. The highest BCUT2D eigenvalue weighted by molar-refractivity contribution is 6.10. The van der Waals surface area contributed by atoms with Crippen LogP contribution in [0.1, 0.15) is 5.56 Å². The molecule has 0 unspecified atom stereocenters. The summed E-state index contributed by atoms with van der Waals surface area (Å²) >= 11 is 0. The number of rotatable bonds is 8. The number of anilines is 1. The van der Waals surface area contributed by atoms with E-state index < -0.39 is 10.8 Å². The van der Waals surface area contributed by atoms with Crippen molar-refractivity contribution in [3.8, 4) is 23.3 Å². The molecule has 0 aliphatic carbocycles. The summed E-state index contributed by atoms with van der Waals surface area (Å²) in [5, 5.41) is 23.3. The van der Waals surface area contributed by atoms with Crippen molar-refractivity contribution in [2.75, 3.05) is 38.9 Å². The van der Waals surface area contributed by atoms with Gasteiger partial charge in [0.1, 0.15) is 42.9 Å². The molecule has 0 fully saturated rings. The SMILES string of the molecule is COCCOc1cccc(/C=C(\C#N)C(=O)Nc2cc3c(cc2[N+](=O)[O-])OCCO3)c1. The van der Waals surface area contributed by atoms with E-state index in [1.54, 1.807) is 31.4 Å². The fraction of sp³-hybridized carbons (Fsp3) is 0.238. The van der Waals surface area contributed by atoms with E-state index in [0.717, 1.165) is 0 Å². The number of nitrogens with zero attached hydrogens (tertiary/aromatic N) is 2. The fourth-order valence-corrected chi connectivity index (χ4v) is 2.77. The Labute approximate surface area is 177 Å². The van der Waals surface area contributed by atoms with Gasteiger partial charge in [0, 0.05) is 13.2 Å². The largest absolute Gasteiger partial charge is 0.491 e. The molecule has 0 aromatic heterocycles. The zero-order valence-corrected chi connectivity index (χ0v) is 16.6. The maximum absolute atomic E-state index is 12.6. The molecule has 0 spiro atoms. The lowest BCUT2D eigenvalue weighted by Gasteiger charge is -2.19. The molecule has 10 heteroatoms. The van der Waals surface area contributed by atoms with Crippen LogP contribution in [0.25, 0.3) is 6.08 Å². The van der Waals surface area contributed by atoms with Gasteiger partial charge in [-0.25, -0.2) is 0 Å². The van der Waals surface area contributed by atoms with Crippen LogP contribution < -0.4 is 19.5 Å². The van der Waals surface area contributed by atoms with E-state index in [2.05, 4.69) is 5.32 Å². The van der Waals surface area contributed by atoms with Gasteiger partial charge in [0.25, 0.3) is 11.6 Å². The molecule has 0 saturated heterocycles. The van der Waals surface area contributed by atoms with Crippen molar-refractivity contribution in [3.05, 3.63) is 57.6 Å². The Bertz CT molecular complexity index is 1060. The molecule has 0 atom stereocenters. The Kier molecular flexibility index (Phi) is 7.03. The van der Waals surface area contributed by atoms with Crippen LogP contribution in [0, 0.1) is 21.4 Å². The van der Waals surface area contributed by atoms with Crippen molar-refractivity contribution >= 4 is 23.4 Å². The average Bonchev–Trinajstić information content (AvgIpc) is 2.77. The summed E-state index contributed by atoms with van der Waals surface area (Å²) in [5.41, 5.74) is -0.156. The molecule has 2 aromatic rings. The van der Waals surface area contributed by atoms with Gasteiger partial charge in [0.05, 0.1) is 17.6 Å². The highest BCUT2D eigenvalue weighted by atomic mass is 16.6. The third kappa shape index (κ3) is 5.49. The van der Waals surface area contributed by atoms with E-state index in [-0.39, 0.29) is 41.7 Å². The Morgan fingerprint density at radius 1 is 1.26 bits per heavy atom.